The number of nitrogens with zero attached hydrogens (tertiary/aromatic N) is 2. The summed E-state index contributed by atoms with van der Waals surface area (Å²) in [6, 6.07) is 1.57. The van der Waals surface area contributed by atoms with Gasteiger partial charge in [-0.05, 0) is 26.0 Å². The molecule has 0 aliphatic carbocycles. The number of aromatic nitrogens is 1. The molecule has 1 rings (SSSR count). The zero-order valence-electron chi connectivity index (χ0n) is 11.6. The van der Waals surface area contributed by atoms with Gasteiger partial charge >= 0.3 is 5.97 Å². The molecule has 0 saturated carbocycles. The van der Waals surface area contributed by atoms with Gasteiger partial charge in [0.05, 0.1) is 11.3 Å². The third kappa shape index (κ3) is 4.91. The highest BCUT2D eigenvalue weighted by atomic mass is 16.4. The number of rotatable bonds is 3. The molecule has 0 amide bonds. The van der Waals surface area contributed by atoms with E-state index < -0.39 is 5.97 Å². The third-order valence-electron chi connectivity index (χ3n) is 1.95. The quantitative estimate of drug-likeness (QED) is 0.835. The second-order valence-corrected chi connectivity index (χ2v) is 3.60. The van der Waals surface area contributed by atoms with Crippen LogP contribution in [0.1, 0.15) is 43.6 Å². The van der Waals surface area contributed by atoms with Crippen LogP contribution < -0.4 is 0 Å². The second kappa shape index (κ2) is 8.17. The Balaban J connectivity index is 0.00000137. The highest BCUT2D eigenvalue weighted by molar-refractivity contribution is 6.09. The topological polar surface area (TPSA) is 62.5 Å². The maximum absolute atomic E-state index is 10.8. The van der Waals surface area contributed by atoms with Crippen molar-refractivity contribution in [3.8, 4) is 0 Å². The number of hydrogen-bond donors (Lipinski definition) is 1. The van der Waals surface area contributed by atoms with Crippen LogP contribution in [0.15, 0.2) is 35.1 Å². The van der Waals surface area contributed by atoms with Crippen LogP contribution in [-0.4, -0.2) is 28.8 Å². The largest absolute Gasteiger partial charge is 0.478 e. The standard InChI is InChI=1S/C12H14N2O2.C2H6/c1-8(2)4-11(13-3)9-5-10(12(15)16)7-14-6-9;1-2/h4-7H,1-3H3,(H,15,16);1-2H3. The molecule has 0 radical (unpaired) electrons. The number of pyridine rings is 1. The molecule has 4 nitrogen and oxygen atoms in total. The monoisotopic (exact) mass is 248 g/mol. The minimum Gasteiger partial charge on any atom is -0.478 e. The summed E-state index contributed by atoms with van der Waals surface area (Å²) in [6.07, 6.45) is 4.82. The first-order valence-electron chi connectivity index (χ1n) is 5.85. The molecule has 1 aromatic heterocycles. The molecule has 1 aromatic rings. The normalized spacial score (nSPS) is 10.2. The fourth-order valence-electron chi connectivity index (χ4n) is 1.25. The van der Waals surface area contributed by atoms with Crippen molar-refractivity contribution in [3.63, 3.8) is 0 Å². The van der Waals surface area contributed by atoms with Gasteiger partial charge < -0.3 is 5.11 Å². The van der Waals surface area contributed by atoms with Gasteiger partial charge in [0.1, 0.15) is 0 Å². The molecule has 0 aliphatic heterocycles. The van der Waals surface area contributed by atoms with Gasteiger partial charge in [0.25, 0.3) is 0 Å². The van der Waals surface area contributed by atoms with Crippen molar-refractivity contribution >= 4 is 11.7 Å². The Hall–Kier alpha value is -1.97. The highest BCUT2D eigenvalue weighted by Gasteiger charge is 2.06. The molecule has 0 spiro atoms. The van der Waals surface area contributed by atoms with Crippen LogP contribution >= 0.6 is 0 Å². The fraction of sp³-hybridized carbons (Fsp3) is 0.357. The highest BCUT2D eigenvalue weighted by Crippen LogP contribution is 2.07. The van der Waals surface area contributed by atoms with Crippen molar-refractivity contribution in [3.05, 3.63) is 41.2 Å². The molecule has 0 fully saturated rings. The van der Waals surface area contributed by atoms with E-state index in [1.165, 1.54) is 6.20 Å². The summed E-state index contributed by atoms with van der Waals surface area (Å²) in [4.78, 5) is 18.8. The summed E-state index contributed by atoms with van der Waals surface area (Å²) in [5.41, 5.74) is 2.71. The first-order chi connectivity index (χ1) is 8.54. The van der Waals surface area contributed by atoms with Crippen LogP contribution in [0.4, 0.5) is 0 Å². The average molecular weight is 248 g/mol. The van der Waals surface area contributed by atoms with Crippen molar-refractivity contribution < 1.29 is 9.90 Å². The van der Waals surface area contributed by atoms with E-state index in [1.54, 1.807) is 19.3 Å². The van der Waals surface area contributed by atoms with Crippen LogP contribution in [0.5, 0.6) is 0 Å². The third-order valence-corrected chi connectivity index (χ3v) is 1.95. The Labute approximate surface area is 108 Å². The molecular formula is C14H20N2O2. The van der Waals surface area contributed by atoms with E-state index in [2.05, 4.69) is 9.98 Å². The Morgan fingerprint density at radius 2 is 1.83 bits per heavy atom. The predicted octanol–water partition coefficient (Wildman–Crippen LogP) is 3.19. The summed E-state index contributed by atoms with van der Waals surface area (Å²) in [5.74, 6) is -0.984. The zero-order valence-corrected chi connectivity index (χ0v) is 11.6. The smallest absolute Gasteiger partial charge is 0.337 e. The number of carboxylic acids is 1. The van der Waals surface area contributed by atoms with Gasteiger partial charge in [-0.3, -0.25) is 9.98 Å². The van der Waals surface area contributed by atoms with Gasteiger partial charge in [0, 0.05) is 25.0 Å². The van der Waals surface area contributed by atoms with E-state index in [0.717, 1.165) is 11.3 Å². The number of allylic oxidation sites excluding steroid dienone is 2. The fourth-order valence-corrected chi connectivity index (χ4v) is 1.25. The summed E-state index contributed by atoms with van der Waals surface area (Å²) < 4.78 is 0. The molecule has 18 heavy (non-hydrogen) atoms. The van der Waals surface area contributed by atoms with E-state index in [1.807, 2.05) is 33.8 Å². The first kappa shape index (κ1) is 16.0. The molecule has 0 unspecified atom stereocenters. The van der Waals surface area contributed by atoms with Gasteiger partial charge in [-0.25, -0.2) is 4.79 Å². The Morgan fingerprint density at radius 1 is 1.28 bits per heavy atom. The second-order valence-electron chi connectivity index (χ2n) is 3.60. The van der Waals surface area contributed by atoms with Gasteiger partial charge in [-0.2, -0.15) is 0 Å². The predicted molar refractivity (Wildman–Crippen MR) is 74.4 cm³/mol. The molecule has 0 saturated heterocycles. The van der Waals surface area contributed by atoms with Crippen molar-refractivity contribution in [2.75, 3.05) is 7.05 Å². The zero-order chi connectivity index (χ0) is 14.1. The van der Waals surface area contributed by atoms with E-state index >= 15 is 0 Å². The molecule has 0 aromatic carbocycles. The van der Waals surface area contributed by atoms with Gasteiger partial charge in [0.15, 0.2) is 0 Å². The average Bonchev–Trinajstić information content (AvgIpc) is 2.38. The van der Waals surface area contributed by atoms with Crippen LogP contribution in [-0.2, 0) is 0 Å². The minimum atomic E-state index is -0.984. The van der Waals surface area contributed by atoms with Gasteiger partial charge in [0.2, 0.25) is 0 Å². The lowest BCUT2D eigenvalue weighted by atomic mass is 10.1. The molecule has 1 heterocycles. The number of aromatic carboxylic acids is 1. The minimum absolute atomic E-state index is 0.167. The molecule has 4 heteroatoms. The summed E-state index contributed by atoms with van der Waals surface area (Å²) >= 11 is 0. The lowest BCUT2D eigenvalue weighted by Crippen LogP contribution is -2.03. The summed E-state index contributed by atoms with van der Waals surface area (Å²) in [6.45, 7) is 7.92. The van der Waals surface area contributed by atoms with Crippen molar-refractivity contribution in [1.29, 1.82) is 0 Å². The maximum atomic E-state index is 10.8. The Bertz CT molecular complexity index is 459. The van der Waals surface area contributed by atoms with E-state index in [4.69, 9.17) is 5.11 Å². The maximum Gasteiger partial charge on any atom is 0.337 e. The van der Waals surface area contributed by atoms with Crippen molar-refractivity contribution in [2.45, 2.75) is 27.7 Å². The molecule has 0 aliphatic rings. The van der Waals surface area contributed by atoms with Crippen molar-refractivity contribution in [1.82, 2.24) is 4.98 Å². The van der Waals surface area contributed by atoms with E-state index in [0.29, 0.717) is 5.56 Å². The molecule has 98 valence electrons. The number of carbonyl (C=O) groups is 1. The summed E-state index contributed by atoms with van der Waals surface area (Å²) in [7, 11) is 1.67. The van der Waals surface area contributed by atoms with E-state index in [-0.39, 0.29) is 5.56 Å². The summed E-state index contributed by atoms with van der Waals surface area (Å²) in [5, 5.41) is 8.85. The Morgan fingerprint density at radius 3 is 2.28 bits per heavy atom. The lowest BCUT2D eigenvalue weighted by molar-refractivity contribution is 0.0696. The molecular weight excluding hydrogens is 228 g/mol. The SMILES string of the molecule is CC.CN=C(C=C(C)C)c1cncc(C(=O)O)c1. The number of aliphatic imine (C=N–C) groups is 1. The molecule has 0 atom stereocenters. The first-order valence-corrected chi connectivity index (χ1v) is 5.85. The molecule has 1 N–H and O–H groups in total. The number of hydrogen-bond acceptors (Lipinski definition) is 3. The van der Waals surface area contributed by atoms with Gasteiger partial charge in [-0.15, -0.1) is 0 Å². The molecule has 0 bridgehead atoms. The lowest BCUT2D eigenvalue weighted by Gasteiger charge is -2.02. The van der Waals surface area contributed by atoms with E-state index in [9.17, 15) is 4.79 Å². The van der Waals surface area contributed by atoms with Crippen LogP contribution in [0.25, 0.3) is 0 Å². The van der Waals surface area contributed by atoms with Gasteiger partial charge in [-0.1, -0.05) is 19.4 Å². The van der Waals surface area contributed by atoms with Crippen molar-refractivity contribution in [2.24, 2.45) is 4.99 Å². The van der Waals surface area contributed by atoms with Crippen LogP contribution in [0.3, 0.4) is 0 Å². The van der Waals surface area contributed by atoms with Crippen LogP contribution in [0, 0.1) is 0 Å². The van der Waals surface area contributed by atoms with Crippen LogP contribution in [0.2, 0.25) is 0 Å². The number of carboxylic acid groups (broad SMARTS) is 1. The Kier molecular flexibility index (Phi) is 7.28.